The second-order valence-corrected chi connectivity index (χ2v) is 8.34. The first-order chi connectivity index (χ1) is 8.93. The van der Waals surface area contributed by atoms with Crippen LogP contribution in [0.15, 0.2) is 0 Å². The normalized spacial score (nSPS) is 38.1. The molecule has 0 aliphatic heterocycles. The molecular formula is C18H35N. The average Bonchev–Trinajstić information content (AvgIpc) is 2.36. The van der Waals surface area contributed by atoms with Crippen molar-refractivity contribution in [2.45, 2.75) is 78.7 Å². The fourth-order valence-electron chi connectivity index (χ4n) is 4.55. The van der Waals surface area contributed by atoms with Crippen molar-refractivity contribution in [3.8, 4) is 0 Å². The molecule has 1 nitrogen and oxygen atoms in total. The fraction of sp³-hybridized carbons (Fsp3) is 1.00. The zero-order valence-corrected chi connectivity index (χ0v) is 13.8. The predicted octanol–water partition coefficient (Wildman–Crippen LogP) is 4.86. The van der Waals surface area contributed by atoms with Crippen molar-refractivity contribution in [3.05, 3.63) is 0 Å². The van der Waals surface area contributed by atoms with E-state index in [-0.39, 0.29) is 0 Å². The number of hydrogen-bond donors (Lipinski definition) is 1. The molecule has 0 heterocycles. The molecule has 4 atom stereocenters. The van der Waals surface area contributed by atoms with Crippen LogP contribution in [0.3, 0.4) is 0 Å². The quantitative estimate of drug-likeness (QED) is 0.768. The first kappa shape index (κ1) is 15.4. The molecule has 2 aliphatic carbocycles. The van der Waals surface area contributed by atoms with E-state index in [9.17, 15) is 0 Å². The Morgan fingerprint density at radius 3 is 2.05 bits per heavy atom. The molecule has 0 saturated heterocycles. The molecule has 19 heavy (non-hydrogen) atoms. The van der Waals surface area contributed by atoms with Crippen molar-refractivity contribution in [1.82, 2.24) is 5.32 Å². The van der Waals surface area contributed by atoms with Crippen LogP contribution in [-0.2, 0) is 0 Å². The lowest BCUT2D eigenvalue weighted by molar-refractivity contribution is 0.101. The van der Waals surface area contributed by atoms with Crippen molar-refractivity contribution >= 4 is 0 Å². The highest BCUT2D eigenvalue weighted by Gasteiger charge is 2.36. The summed E-state index contributed by atoms with van der Waals surface area (Å²) in [5.41, 5.74) is 0.600. The van der Waals surface area contributed by atoms with Crippen LogP contribution in [0.4, 0.5) is 0 Å². The van der Waals surface area contributed by atoms with E-state index in [0.717, 1.165) is 29.7 Å². The molecule has 0 bridgehead atoms. The maximum Gasteiger partial charge on any atom is 0.0121 e. The molecule has 0 aromatic heterocycles. The van der Waals surface area contributed by atoms with E-state index in [4.69, 9.17) is 0 Å². The summed E-state index contributed by atoms with van der Waals surface area (Å²) in [4.78, 5) is 0. The van der Waals surface area contributed by atoms with E-state index in [1.165, 1.54) is 44.9 Å². The zero-order chi connectivity index (χ0) is 14.0. The highest BCUT2D eigenvalue weighted by Crippen LogP contribution is 2.43. The van der Waals surface area contributed by atoms with Gasteiger partial charge in [-0.05, 0) is 74.7 Å². The van der Waals surface area contributed by atoms with Gasteiger partial charge in [0.15, 0.2) is 0 Å². The van der Waals surface area contributed by atoms with Crippen LogP contribution in [0.5, 0.6) is 0 Å². The van der Waals surface area contributed by atoms with Crippen LogP contribution in [0, 0.1) is 29.1 Å². The SMILES string of the molecule is CNC(C1CCC(C)(C)CC1)C1CCC(C)C(C)C1. The molecule has 2 fully saturated rings. The first-order valence-electron chi connectivity index (χ1n) is 8.60. The Morgan fingerprint density at radius 2 is 1.53 bits per heavy atom. The van der Waals surface area contributed by atoms with Crippen LogP contribution in [-0.4, -0.2) is 13.1 Å². The van der Waals surface area contributed by atoms with Gasteiger partial charge in [-0.25, -0.2) is 0 Å². The zero-order valence-electron chi connectivity index (χ0n) is 13.8. The maximum absolute atomic E-state index is 3.70. The topological polar surface area (TPSA) is 12.0 Å². The number of hydrogen-bond acceptors (Lipinski definition) is 1. The lowest BCUT2D eigenvalue weighted by Crippen LogP contribution is -2.44. The molecule has 4 unspecified atom stereocenters. The minimum atomic E-state index is 0.600. The molecule has 0 radical (unpaired) electrons. The summed E-state index contributed by atoms with van der Waals surface area (Å²) in [5, 5.41) is 3.70. The molecular weight excluding hydrogens is 230 g/mol. The van der Waals surface area contributed by atoms with Gasteiger partial charge >= 0.3 is 0 Å². The molecule has 0 aromatic rings. The Labute approximate surface area is 120 Å². The minimum absolute atomic E-state index is 0.600. The van der Waals surface area contributed by atoms with Gasteiger partial charge < -0.3 is 5.32 Å². The van der Waals surface area contributed by atoms with E-state index < -0.39 is 0 Å². The van der Waals surface area contributed by atoms with E-state index in [2.05, 4.69) is 40.1 Å². The Morgan fingerprint density at radius 1 is 0.895 bits per heavy atom. The monoisotopic (exact) mass is 265 g/mol. The second kappa shape index (κ2) is 6.16. The number of rotatable bonds is 3. The third kappa shape index (κ3) is 3.74. The van der Waals surface area contributed by atoms with Crippen molar-refractivity contribution in [2.75, 3.05) is 7.05 Å². The highest BCUT2D eigenvalue weighted by atomic mass is 14.9. The van der Waals surface area contributed by atoms with Gasteiger partial charge in [-0.3, -0.25) is 0 Å². The highest BCUT2D eigenvalue weighted by molar-refractivity contribution is 4.90. The summed E-state index contributed by atoms with van der Waals surface area (Å²) in [6, 6.07) is 0.783. The molecule has 1 N–H and O–H groups in total. The minimum Gasteiger partial charge on any atom is -0.316 e. The average molecular weight is 265 g/mol. The third-order valence-electron chi connectivity index (χ3n) is 6.37. The first-order valence-corrected chi connectivity index (χ1v) is 8.60. The van der Waals surface area contributed by atoms with Crippen LogP contribution in [0.25, 0.3) is 0 Å². The van der Waals surface area contributed by atoms with E-state index in [0.29, 0.717) is 5.41 Å². The second-order valence-electron chi connectivity index (χ2n) is 8.34. The smallest absolute Gasteiger partial charge is 0.0121 e. The van der Waals surface area contributed by atoms with Gasteiger partial charge in [-0.15, -0.1) is 0 Å². The fourth-order valence-corrected chi connectivity index (χ4v) is 4.55. The van der Waals surface area contributed by atoms with Crippen LogP contribution in [0.1, 0.15) is 72.6 Å². The van der Waals surface area contributed by atoms with Crippen molar-refractivity contribution in [1.29, 1.82) is 0 Å². The summed E-state index contributed by atoms with van der Waals surface area (Å²) >= 11 is 0. The van der Waals surface area contributed by atoms with Crippen LogP contribution >= 0.6 is 0 Å². The summed E-state index contributed by atoms with van der Waals surface area (Å²) in [6.07, 6.45) is 10.1. The lowest BCUT2D eigenvalue weighted by atomic mass is 9.65. The van der Waals surface area contributed by atoms with Gasteiger partial charge in [0.2, 0.25) is 0 Å². The number of nitrogens with one attached hydrogen (secondary N) is 1. The lowest BCUT2D eigenvalue weighted by Gasteiger charge is -2.43. The molecule has 2 aliphatic rings. The Balaban J connectivity index is 1.93. The van der Waals surface area contributed by atoms with Gasteiger partial charge in [-0.2, -0.15) is 0 Å². The molecule has 0 amide bonds. The van der Waals surface area contributed by atoms with Crippen molar-refractivity contribution in [3.63, 3.8) is 0 Å². The standard InChI is InChI=1S/C18H35N/c1-13-6-7-16(12-14(13)2)17(19-5)15-8-10-18(3,4)11-9-15/h13-17,19H,6-12H2,1-5H3. The summed E-state index contributed by atoms with van der Waals surface area (Å²) in [5.74, 6) is 3.74. The maximum atomic E-state index is 3.70. The van der Waals surface area contributed by atoms with E-state index in [1.54, 1.807) is 0 Å². The van der Waals surface area contributed by atoms with Crippen LogP contribution < -0.4 is 5.32 Å². The summed E-state index contributed by atoms with van der Waals surface area (Å²) in [6.45, 7) is 9.80. The summed E-state index contributed by atoms with van der Waals surface area (Å²) < 4.78 is 0. The van der Waals surface area contributed by atoms with E-state index in [1.807, 2.05) is 0 Å². The van der Waals surface area contributed by atoms with Crippen molar-refractivity contribution in [2.24, 2.45) is 29.1 Å². The Kier molecular flexibility index (Phi) is 4.98. The Bertz CT molecular complexity index is 273. The Hall–Kier alpha value is -0.0400. The molecule has 0 spiro atoms. The molecule has 1 heteroatoms. The molecule has 0 aromatic carbocycles. The molecule has 112 valence electrons. The largest absolute Gasteiger partial charge is 0.316 e. The molecule has 2 saturated carbocycles. The van der Waals surface area contributed by atoms with Crippen LogP contribution in [0.2, 0.25) is 0 Å². The van der Waals surface area contributed by atoms with Crippen molar-refractivity contribution < 1.29 is 0 Å². The molecule has 2 rings (SSSR count). The van der Waals surface area contributed by atoms with Gasteiger partial charge in [0.25, 0.3) is 0 Å². The van der Waals surface area contributed by atoms with Gasteiger partial charge in [0, 0.05) is 6.04 Å². The van der Waals surface area contributed by atoms with Gasteiger partial charge in [0.05, 0.1) is 0 Å². The van der Waals surface area contributed by atoms with Gasteiger partial charge in [-0.1, -0.05) is 34.1 Å². The summed E-state index contributed by atoms with van der Waals surface area (Å²) in [7, 11) is 2.20. The predicted molar refractivity (Wildman–Crippen MR) is 84.3 cm³/mol. The van der Waals surface area contributed by atoms with Gasteiger partial charge in [0.1, 0.15) is 0 Å². The third-order valence-corrected chi connectivity index (χ3v) is 6.37. The van der Waals surface area contributed by atoms with E-state index >= 15 is 0 Å².